The standard InChI is InChI=1S/C20H16Cl2N6O4/c1-10-15(20(32)28(27-10)12-5-3-2-4-6-12)16(25-26-19(31)17(23)29)18(30)24-14-9-11(21)7-8-13(14)22/h2-9,15H,1H3,(H2,23,29)(H,24,30)(H,26,31)/b25-16+. The Morgan fingerprint density at radius 1 is 1.09 bits per heavy atom. The van der Waals surface area contributed by atoms with Gasteiger partial charge in [-0.15, -0.1) is 0 Å². The van der Waals surface area contributed by atoms with E-state index in [1.54, 1.807) is 30.3 Å². The van der Waals surface area contributed by atoms with E-state index in [1.165, 1.54) is 25.1 Å². The average Bonchev–Trinajstić information content (AvgIpc) is 3.05. The van der Waals surface area contributed by atoms with Crippen molar-refractivity contribution in [3.8, 4) is 0 Å². The average molecular weight is 475 g/mol. The Morgan fingerprint density at radius 3 is 2.44 bits per heavy atom. The Bertz CT molecular complexity index is 1170. The fourth-order valence-corrected chi connectivity index (χ4v) is 3.16. The van der Waals surface area contributed by atoms with Gasteiger partial charge in [-0.3, -0.25) is 19.2 Å². The van der Waals surface area contributed by atoms with Gasteiger partial charge in [0.1, 0.15) is 11.6 Å². The van der Waals surface area contributed by atoms with Crippen LogP contribution in [0, 0.1) is 5.92 Å². The zero-order valence-electron chi connectivity index (χ0n) is 16.5. The van der Waals surface area contributed by atoms with Crippen molar-refractivity contribution in [1.29, 1.82) is 0 Å². The first-order chi connectivity index (χ1) is 15.2. The van der Waals surface area contributed by atoms with Crippen LogP contribution in [-0.2, 0) is 19.2 Å². The van der Waals surface area contributed by atoms with Gasteiger partial charge in [0.05, 0.1) is 22.1 Å². The summed E-state index contributed by atoms with van der Waals surface area (Å²) in [5.41, 5.74) is 7.21. The predicted molar refractivity (Wildman–Crippen MR) is 120 cm³/mol. The van der Waals surface area contributed by atoms with Crippen molar-refractivity contribution < 1.29 is 19.2 Å². The lowest BCUT2D eigenvalue weighted by Gasteiger charge is -2.16. The normalized spacial score (nSPS) is 15.9. The lowest BCUT2D eigenvalue weighted by molar-refractivity contribution is -0.137. The minimum Gasteiger partial charge on any atom is -0.361 e. The molecule has 0 bridgehead atoms. The van der Waals surface area contributed by atoms with Crippen LogP contribution in [0.1, 0.15) is 6.92 Å². The monoisotopic (exact) mass is 474 g/mol. The zero-order chi connectivity index (χ0) is 23.4. The number of rotatable bonds is 5. The van der Waals surface area contributed by atoms with Crippen molar-refractivity contribution >= 4 is 69.6 Å². The molecular weight excluding hydrogens is 459 g/mol. The number of amides is 4. The van der Waals surface area contributed by atoms with Crippen molar-refractivity contribution in [2.75, 3.05) is 10.3 Å². The number of nitrogens with zero attached hydrogens (tertiary/aromatic N) is 3. The minimum atomic E-state index is -1.32. The molecule has 0 fully saturated rings. The van der Waals surface area contributed by atoms with Gasteiger partial charge in [0.15, 0.2) is 0 Å². The van der Waals surface area contributed by atoms with E-state index in [0.29, 0.717) is 10.7 Å². The molecule has 4 amide bonds. The summed E-state index contributed by atoms with van der Waals surface area (Å²) in [6.45, 7) is 1.52. The maximum absolute atomic E-state index is 13.1. The van der Waals surface area contributed by atoms with Gasteiger partial charge in [-0.05, 0) is 37.3 Å². The van der Waals surface area contributed by atoms with Crippen molar-refractivity contribution in [1.82, 2.24) is 5.43 Å². The van der Waals surface area contributed by atoms with Crippen molar-refractivity contribution in [3.05, 3.63) is 58.6 Å². The summed E-state index contributed by atoms with van der Waals surface area (Å²) in [7, 11) is 0. The van der Waals surface area contributed by atoms with Crippen molar-refractivity contribution in [2.24, 2.45) is 21.9 Å². The van der Waals surface area contributed by atoms with Crippen LogP contribution in [-0.4, -0.2) is 35.1 Å². The molecule has 12 heteroatoms. The Morgan fingerprint density at radius 2 is 1.78 bits per heavy atom. The van der Waals surface area contributed by atoms with Gasteiger partial charge in [-0.1, -0.05) is 41.4 Å². The van der Waals surface area contributed by atoms with Gasteiger partial charge in [-0.25, -0.2) is 5.43 Å². The molecule has 1 heterocycles. The summed E-state index contributed by atoms with van der Waals surface area (Å²) < 4.78 is 0. The predicted octanol–water partition coefficient (Wildman–Crippen LogP) is 1.93. The van der Waals surface area contributed by atoms with Crippen LogP contribution < -0.4 is 21.5 Å². The third-order valence-electron chi connectivity index (χ3n) is 4.32. The maximum Gasteiger partial charge on any atom is 0.329 e. The van der Waals surface area contributed by atoms with Crippen LogP contribution in [0.4, 0.5) is 11.4 Å². The van der Waals surface area contributed by atoms with Crippen LogP contribution in [0.5, 0.6) is 0 Å². The number of carbonyl (C=O) groups excluding carboxylic acids is 4. The second-order valence-corrected chi connectivity index (χ2v) is 7.38. The molecule has 2 aromatic rings. The van der Waals surface area contributed by atoms with Crippen LogP contribution in [0.3, 0.4) is 0 Å². The third-order valence-corrected chi connectivity index (χ3v) is 4.88. The molecule has 0 saturated heterocycles. The molecule has 1 unspecified atom stereocenters. The molecular formula is C20H16Cl2N6O4. The van der Waals surface area contributed by atoms with Crippen LogP contribution in [0.15, 0.2) is 58.7 Å². The Hall–Kier alpha value is -3.76. The van der Waals surface area contributed by atoms with E-state index in [2.05, 4.69) is 15.5 Å². The Kier molecular flexibility index (Phi) is 6.86. The second-order valence-electron chi connectivity index (χ2n) is 6.54. The summed E-state index contributed by atoms with van der Waals surface area (Å²) in [6, 6.07) is 12.9. The summed E-state index contributed by atoms with van der Waals surface area (Å²) in [5.74, 6) is -5.30. The van der Waals surface area contributed by atoms with Gasteiger partial charge in [0.2, 0.25) is 0 Å². The molecule has 0 aromatic heterocycles. The van der Waals surface area contributed by atoms with E-state index in [-0.39, 0.29) is 16.4 Å². The number of anilines is 2. The Balaban J connectivity index is 1.96. The number of primary amides is 1. The summed E-state index contributed by atoms with van der Waals surface area (Å²) in [6.07, 6.45) is 0. The van der Waals surface area contributed by atoms with Crippen molar-refractivity contribution in [2.45, 2.75) is 6.92 Å². The number of halogens is 2. The molecule has 1 aliphatic rings. The van der Waals surface area contributed by atoms with Gasteiger partial charge in [0.25, 0.3) is 11.8 Å². The molecule has 4 N–H and O–H groups in total. The van der Waals surface area contributed by atoms with Crippen LogP contribution >= 0.6 is 23.2 Å². The molecule has 1 aliphatic heterocycles. The highest BCUT2D eigenvalue weighted by Gasteiger charge is 2.41. The number of nitrogens with one attached hydrogen (secondary N) is 2. The lowest BCUT2D eigenvalue weighted by atomic mass is 9.97. The number of hydrazone groups is 2. The molecule has 2 aromatic carbocycles. The quantitative estimate of drug-likeness (QED) is 0.345. The van der Waals surface area contributed by atoms with Crippen LogP contribution in [0.2, 0.25) is 10.0 Å². The number of para-hydroxylation sites is 1. The smallest absolute Gasteiger partial charge is 0.329 e. The van der Waals surface area contributed by atoms with E-state index in [0.717, 1.165) is 5.01 Å². The summed E-state index contributed by atoms with van der Waals surface area (Å²) in [5, 5.41) is 12.0. The largest absolute Gasteiger partial charge is 0.361 e. The van der Waals surface area contributed by atoms with Gasteiger partial charge >= 0.3 is 11.8 Å². The number of hydrogen-bond acceptors (Lipinski definition) is 6. The van der Waals surface area contributed by atoms with Crippen LogP contribution in [0.25, 0.3) is 0 Å². The number of benzene rings is 2. The molecule has 0 aliphatic carbocycles. The van der Waals surface area contributed by atoms with E-state index in [4.69, 9.17) is 28.9 Å². The first kappa shape index (κ1) is 22.9. The highest BCUT2D eigenvalue weighted by molar-refractivity contribution is 6.53. The fourth-order valence-electron chi connectivity index (χ4n) is 2.83. The first-order valence-electron chi connectivity index (χ1n) is 9.07. The van der Waals surface area contributed by atoms with Crippen molar-refractivity contribution in [3.63, 3.8) is 0 Å². The van der Waals surface area contributed by atoms with Gasteiger partial charge < -0.3 is 11.1 Å². The number of hydrogen-bond donors (Lipinski definition) is 3. The maximum atomic E-state index is 13.1. The lowest BCUT2D eigenvalue weighted by Crippen LogP contribution is -2.42. The summed E-state index contributed by atoms with van der Waals surface area (Å²) >= 11 is 12.0. The summed E-state index contributed by atoms with van der Waals surface area (Å²) in [4.78, 5) is 48.8. The molecule has 1 atom stereocenters. The van der Waals surface area contributed by atoms with E-state index in [1.807, 2.05) is 5.43 Å². The molecule has 3 rings (SSSR count). The second kappa shape index (κ2) is 9.58. The van der Waals surface area contributed by atoms with Gasteiger partial charge in [-0.2, -0.15) is 15.2 Å². The third kappa shape index (κ3) is 4.93. The molecule has 0 saturated carbocycles. The SMILES string of the molecule is CC1=NN(c2ccccc2)C(=O)C1/C(=N\NC(=O)C(N)=O)C(=O)Nc1cc(Cl)ccc1Cl. The molecule has 164 valence electrons. The Labute approximate surface area is 192 Å². The first-order valence-corrected chi connectivity index (χ1v) is 9.82. The molecule has 10 nitrogen and oxygen atoms in total. The highest BCUT2D eigenvalue weighted by atomic mass is 35.5. The highest BCUT2D eigenvalue weighted by Crippen LogP contribution is 2.27. The zero-order valence-corrected chi connectivity index (χ0v) is 18.0. The number of carbonyl (C=O) groups is 4. The topological polar surface area (TPSA) is 146 Å². The molecule has 32 heavy (non-hydrogen) atoms. The molecule has 0 spiro atoms. The van der Waals surface area contributed by atoms with E-state index >= 15 is 0 Å². The minimum absolute atomic E-state index is 0.151. The number of nitrogens with two attached hydrogens (primary N) is 1. The van der Waals surface area contributed by atoms with Gasteiger partial charge in [0, 0.05) is 5.02 Å². The molecule has 0 radical (unpaired) electrons. The van der Waals surface area contributed by atoms with E-state index in [9.17, 15) is 19.2 Å². The fraction of sp³-hybridized carbons (Fsp3) is 0.100. The van der Waals surface area contributed by atoms with E-state index < -0.39 is 35.3 Å².